The number of hydrogen-bond donors (Lipinski definition) is 0. The number of esters is 1. The van der Waals surface area contributed by atoms with Gasteiger partial charge in [-0.15, -0.1) is 0 Å². The fraction of sp³-hybridized carbons (Fsp3) is 0.500. The number of likely N-dealkylation sites (tertiary alicyclic amines) is 1. The Morgan fingerprint density at radius 3 is 2.65 bits per heavy atom. The van der Waals surface area contributed by atoms with E-state index in [9.17, 15) is 15.1 Å². The molecule has 1 fully saturated rings. The molecule has 1 aromatic rings. The highest BCUT2D eigenvalue weighted by atomic mass is 16.6. The Hall–Kier alpha value is -2.44. The van der Waals surface area contributed by atoms with Crippen LogP contribution in [0.1, 0.15) is 25.3 Å². The molecule has 1 amide bonds. The molecule has 0 aliphatic carbocycles. The third kappa shape index (κ3) is 3.67. The van der Waals surface area contributed by atoms with Crippen LogP contribution in [0.3, 0.4) is 0 Å². The van der Waals surface area contributed by atoms with Crippen LogP contribution < -0.4 is 0 Å². The lowest BCUT2D eigenvalue weighted by Gasteiger charge is -2.42. The molecule has 1 aliphatic rings. The molecule has 7 heteroatoms. The van der Waals surface area contributed by atoms with Gasteiger partial charge in [0.1, 0.15) is 12.1 Å². The normalized spacial score (nSPS) is 23.9. The van der Waals surface area contributed by atoms with Crippen molar-refractivity contribution in [3.63, 3.8) is 0 Å². The maximum Gasteiger partial charge on any atom is 0.410 e. The summed E-state index contributed by atoms with van der Waals surface area (Å²) < 4.78 is 10.0. The van der Waals surface area contributed by atoms with Crippen molar-refractivity contribution in [2.75, 3.05) is 13.7 Å². The maximum atomic E-state index is 12.2. The number of carbonyl (C=O) groups is 2. The summed E-state index contributed by atoms with van der Waals surface area (Å²) in [6.07, 6.45) is -0.0601. The first-order chi connectivity index (χ1) is 11.0. The molecule has 0 N–H and O–H groups in total. The van der Waals surface area contributed by atoms with Gasteiger partial charge in [0.15, 0.2) is 0 Å². The molecule has 0 unspecified atom stereocenters. The predicted octanol–water partition coefficient (Wildman–Crippen LogP) is 2.74. The van der Waals surface area contributed by atoms with Crippen LogP contribution >= 0.6 is 0 Å². The average Bonchev–Trinajstić information content (AvgIpc) is 2.59. The number of benzene rings is 1. The molecule has 2 atom stereocenters. The van der Waals surface area contributed by atoms with Gasteiger partial charge in [0, 0.05) is 19.0 Å². The summed E-state index contributed by atoms with van der Waals surface area (Å²) in [5.74, 6) is -0.593. The first-order valence-electron chi connectivity index (χ1n) is 7.44. The van der Waals surface area contributed by atoms with Gasteiger partial charge >= 0.3 is 12.1 Å². The van der Waals surface area contributed by atoms with Gasteiger partial charge in [-0.3, -0.25) is 0 Å². The van der Waals surface area contributed by atoms with Crippen molar-refractivity contribution >= 4 is 12.1 Å². The average molecular weight is 318 g/mol. The molecule has 0 spiro atoms. The number of amides is 1. The number of carbonyl (C=O) groups excluding carboxylic acids is 2. The van der Waals surface area contributed by atoms with Gasteiger partial charge in [0.2, 0.25) is 0 Å². The third-order valence-electron chi connectivity index (χ3n) is 4.13. The molecule has 0 radical (unpaired) electrons. The molecule has 1 aromatic carbocycles. The predicted molar refractivity (Wildman–Crippen MR) is 82.6 cm³/mol. The smallest absolute Gasteiger partial charge is 0.410 e. The van der Waals surface area contributed by atoms with Gasteiger partial charge in [-0.2, -0.15) is 0 Å². The zero-order chi connectivity index (χ0) is 16.9. The van der Waals surface area contributed by atoms with Crippen LogP contribution in [0.25, 0.3) is 5.53 Å². The molecule has 23 heavy (non-hydrogen) atoms. The lowest BCUT2D eigenvalue weighted by Crippen LogP contribution is -2.54. The number of hydrogen-bond acceptors (Lipinski definition) is 5. The van der Waals surface area contributed by atoms with Crippen molar-refractivity contribution in [1.29, 1.82) is 0 Å². The van der Waals surface area contributed by atoms with Crippen molar-refractivity contribution in [3.8, 4) is 0 Å². The molecular weight excluding hydrogens is 298 g/mol. The Kier molecular flexibility index (Phi) is 5.31. The first-order valence-corrected chi connectivity index (χ1v) is 7.44. The largest absolute Gasteiger partial charge is 0.711 e. The molecule has 2 rings (SSSR count). The van der Waals surface area contributed by atoms with Gasteiger partial charge in [0.05, 0.1) is 7.11 Å². The van der Waals surface area contributed by atoms with E-state index in [2.05, 4.69) is 5.11 Å². The molecular formula is C16H20N3O4-. The van der Waals surface area contributed by atoms with Crippen LogP contribution in [0.4, 0.5) is 4.79 Å². The number of methoxy groups -OCH3 is 1. The Morgan fingerprint density at radius 2 is 2.09 bits per heavy atom. The summed E-state index contributed by atoms with van der Waals surface area (Å²) in [6, 6.07) is 9.09. The Labute approximate surface area is 135 Å². The van der Waals surface area contributed by atoms with E-state index in [0.717, 1.165) is 5.56 Å². The Bertz CT molecular complexity index is 578. The lowest BCUT2D eigenvalue weighted by molar-refractivity contribution is -0.149. The maximum absolute atomic E-state index is 12.2. The van der Waals surface area contributed by atoms with E-state index in [1.165, 1.54) is 12.0 Å². The molecule has 1 saturated heterocycles. The van der Waals surface area contributed by atoms with E-state index in [4.69, 9.17) is 9.47 Å². The monoisotopic (exact) mass is 318 g/mol. The zero-order valence-electron chi connectivity index (χ0n) is 13.3. The van der Waals surface area contributed by atoms with E-state index in [1.54, 1.807) is 6.92 Å². The lowest BCUT2D eigenvalue weighted by atomic mass is 9.84. The quantitative estimate of drug-likeness (QED) is 0.630. The van der Waals surface area contributed by atoms with E-state index in [1.807, 2.05) is 30.3 Å². The minimum atomic E-state index is -1.30. The second-order valence-corrected chi connectivity index (χ2v) is 5.66. The molecule has 0 saturated carbocycles. The molecule has 7 nitrogen and oxygen atoms in total. The van der Waals surface area contributed by atoms with Gasteiger partial charge in [-0.05, 0) is 18.9 Å². The van der Waals surface area contributed by atoms with Crippen molar-refractivity contribution < 1.29 is 19.1 Å². The third-order valence-corrected chi connectivity index (χ3v) is 4.13. The summed E-state index contributed by atoms with van der Waals surface area (Å²) >= 11 is 0. The van der Waals surface area contributed by atoms with E-state index in [-0.39, 0.29) is 32.0 Å². The standard InChI is InChI=1S/C16H20N3O4/c1-12-10-16(18-17,14(20)22-2)8-9-19(12)15(21)23-11-13-6-4-3-5-7-13/h3-7,12H,8-11H2,1-2H3/q-1/t12-,16+/m0/s1. The number of rotatable bonds is 4. The van der Waals surface area contributed by atoms with Crippen LogP contribution in [0, 0.1) is 0 Å². The van der Waals surface area contributed by atoms with Crippen LogP contribution in [0.2, 0.25) is 0 Å². The fourth-order valence-electron chi connectivity index (χ4n) is 2.81. The highest BCUT2D eigenvalue weighted by molar-refractivity contribution is 5.81. The van der Waals surface area contributed by atoms with Crippen LogP contribution in [0.5, 0.6) is 0 Å². The minimum absolute atomic E-state index is 0.190. The summed E-state index contributed by atoms with van der Waals surface area (Å²) in [6.45, 7) is 2.23. The number of piperidine rings is 1. The number of ether oxygens (including phenoxy) is 2. The Balaban J connectivity index is 1.96. The molecule has 124 valence electrons. The van der Waals surface area contributed by atoms with Gasteiger partial charge in [0.25, 0.3) is 0 Å². The second-order valence-electron chi connectivity index (χ2n) is 5.66. The number of nitrogens with zero attached hydrogens (tertiary/aromatic N) is 3. The van der Waals surface area contributed by atoms with Crippen molar-refractivity contribution in [1.82, 2.24) is 4.90 Å². The fourth-order valence-corrected chi connectivity index (χ4v) is 2.81. The zero-order valence-corrected chi connectivity index (χ0v) is 13.3. The topological polar surface area (TPSA) is 90.5 Å². The van der Waals surface area contributed by atoms with Crippen LogP contribution in [-0.2, 0) is 20.9 Å². The summed E-state index contributed by atoms with van der Waals surface area (Å²) in [5.41, 5.74) is 8.83. The minimum Gasteiger partial charge on any atom is -0.711 e. The molecule has 1 heterocycles. The van der Waals surface area contributed by atoms with Gasteiger partial charge in [-0.1, -0.05) is 30.3 Å². The van der Waals surface area contributed by atoms with E-state index in [0.29, 0.717) is 0 Å². The van der Waals surface area contributed by atoms with Gasteiger partial charge < -0.3 is 25.0 Å². The van der Waals surface area contributed by atoms with Crippen molar-refractivity contribution in [2.24, 2.45) is 5.11 Å². The summed E-state index contributed by atoms with van der Waals surface area (Å²) in [4.78, 5) is 25.6. The Morgan fingerprint density at radius 1 is 1.39 bits per heavy atom. The van der Waals surface area contributed by atoms with Crippen LogP contribution in [-0.4, -0.2) is 42.2 Å². The second kappa shape index (κ2) is 7.21. The van der Waals surface area contributed by atoms with E-state index < -0.39 is 17.6 Å². The highest BCUT2D eigenvalue weighted by Gasteiger charge is 2.44. The summed E-state index contributed by atoms with van der Waals surface area (Å²) in [5, 5.41) is 3.23. The van der Waals surface area contributed by atoms with Crippen molar-refractivity contribution in [2.45, 2.75) is 38.0 Å². The highest BCUT2D eigenvalue weighted by Crippen LogP contribution is 2.32. The molecule has 0 bridgehead atoms. The SMILES string of the molecule is COC(=O)[C@@]1(N=[N-])CCN(C(=O)OCc2ccccc2)[C@@H](C)C1. The van der Waals surface area contributed by atoms with Crippen LogP contribution in [0.15, 0.2) is 35.4 Å². The van der Waals surface area contributed by atoms with Gasteiger partial charge in [-0.25, -0.2) is 9.59 Å². The van der Waals surface area contributed by atoms with Crippen molar-refractivity contribution in [3.05, 3.63) is 41.4 Å². The first kappa shape index (κ1) is 16.9. The molecule has 1 aliphatic heterocycles. The van der Waals surface area contributed by atoms with E-state index >= 15 is 0 Å². The molecule has 0 aromatic heterocycles. The summed E-state index contributed by atoms with van der Waals surface area (Å²) in [7, 11) is 1.25.